The summed E-state index contributed by atoms with van der Waals surface area (Å²) in [6.45, 7) is 3.53. The predicted octanol–water partition coefficient (Wildman–Crippen LogP) is 5.18. The molecule has 2 aliphatic rings. The number of nitrogens with one attached hydrogen (secondary N) is 1. The fraction of sp³-hybridized carbons (Fsp3) is 0.345. The molecule has 1 N–H and O–H groups in total. The van der Waals surface area contributed by atoms with E-state index in [1.807, 2.05) is 42.2 Å². The second-order valence-corrected chi connectivity index (χ2v) is 10.8. The number of likely N-dealkylation sites (tertiary alicyclic amines) is 1. The van der Waals surface area contributed by atoms with Crippen LogP contribution in [-0.4, -0.2) is 59.2 Å². The van der Waals surface area contributed by atoms with E-state index in [2.05, 4.69) is 22.1 Å². The summed E-state index contributed by atoms with van der Waals surface area (Å²) >= 11 is 1.39. The second kappa shape index (κ2) is 10.1. The van der Waals surface area contributed by atoms with Crippen molar-refractivity contribution in [1.82, 2.24) is 19.8 Å². The molecule has 0 bridgehead atoms. The van der Waals surface area contributed by atoms with E-state index in [0.29, 0.717) is 41.9 Å². The summed E-state index contributed by atoms with van der Waals surface area (Å²) in [6.07, 6.45) is 4.95. The minimum absolute atomic E-state index is 0.00599. The van der Waals surface area contributed by atoms with Gasteiger partial charge < -0.3 is 19.7 Å². The topological polar surface area (TPSA) is 85.7 Å². The summed E-state index contributed by atoms with van der Waals surface area (Å²) < 4.78 is 14.1. The SMILES string of the molecule is CO[C@H]1CCN(C(=O)c2cc3nccc(Oc4ccc5c(c4)cc(C)n5C(=O)NCC#CC4CC4)c3s2)C1. The molecule has 0 radical (unpaired) electrons. The molecule has 1 aliphatic heterocycles. The van der Waals surface area contributed by atoms with Crippen molar-refractivity contribution in [2.24, 2.45) is 5.92 Å². The summed E-state index contributed by atoms with van der Waals surface area (Å²) in [7, 11) is 1.68. The molecule has 1 saturated heterocycles. The number of methoxy groups -OCH3 is 1. The molecule has 9 heteroatoms. The molecule has 1 aliphatic carbocycles. The smallest absolute Gasteiger partial charge is 0.327 e. The molecule has 8 nitrogen and oxygen atoms in total. The Morgan fingerprint density at radius 1 is 1.18 bits per heavy atom. The molecule has 194 valence electrons. The van der Waals surface area contributed by atoms with Crippen molar-refractivity contribution in [2.45, 2.75) is 32.3 Å². The molecule has 0 unspecified atom stereocenters. The molecule has 4 aromatic rings. The van der Waals surface area contributed by atoms with Crippen molar-refractivity contribution in [3.05, 3.63) is 53.2 Å². The highest BCUT2D eigenvalue weighted by Crippen LogP contribution is 2.36. The first-order valence-electron chi connectivity index (χ1n) is 12.8. The highest BCUT2D eigenvalue weighted by Gasteiger charge is 2.28. The number of hydrogen-bond donors (Lipinski definition) is 1. The van der Waals surface area contributed by atoms with Crippen molar-refractivity contribution in [3.8, 4) is 23.3 Å². The Hall–Kier alpha value is -3.87. The summed E-state index contributed by atoms with van der Waals surface area (Å²) in [5.74, 6) is 7.98. The van der Waals surface area contributed by atoms with Gasteiger partial charge >= 0.3 is 6.03 Å². The molecule has 3 aromatic heterocycles. The fourth-order valence-electron chi connectivity index (χ4n) is 4.77. The number of carbonyl (C=O) groups excluding carboxylic acids is 2. The van der Waals surface area contributed by atoms with Crippen LogP contribution >= 0.6 is 11.3 Å². The van der Waals surface area contributed by atoms with Gasteiger partial charge in [-0.05, 0) is 56.5 Å². The number of aryl methyl sites for hydroxylation is 1. The van der Waals surface area contributed by atoms with E-state index < -0.39 is 0 Å². The normalized spacial score (nSPS) is 17.0. The van der Waals surface area contributed by atoms with E-state index in [0.717, 1.165) is 46.1 Å². The van der Waals surface area contributed by atoms with Crippen LogP contribution in [-0.2, 0) is 4.74 Å². The number of nitrogens with zero attached hydrogens (tertiary/aromatic N) is 3. The zero-order chi connectivity index (χ0) is 26.2. The number of amides is 2. The molecule has 38 heavy (non-hydrogen) atoms. The Labute approximate surface area is 224 Å². The summed E-state index contributed by atoms with van der Waals surface area (Å²) in [5.41, 5.74) is 2.35. The molecule has 2 fully saturated rings. The fourth-order valence-corrected chi connectivity index (χ4v) is 5.81. The Balaban J connectivity index is 1.21. The van der Waals surface area contributed by atoms with E-state index in [1.54, 1.807) is 23.9 Å². The number of fused-ring (bicyclic) bond motifs is 2. The van der Waals surface area contributed by atoms with Crippen LogP contribution in [0.5, 0.6) is 11.5 Å². The first kappa shape index (κ1) is 24.5. The number of pyridine rings is 1. The van der Waals surface area contributed by atoms with Gasteiger partial charge in [0.05, 0.1) is 33.3 Å². The van der Waals surface area contributed by atoms with Crippen LogP contribution in [0.15, 0.2) is 42.6 Å². The van der Waals surface area contributed by atoms with E-state index in [4.69, 9.17) is 9.47 Å². The van der Waals surface area contributed by atoms with Crippen LogP contribution in [0.1, 0.15) is 34.6 Å². The minimum atomic E-state index is -0.197. The number of hydrogen-bond acceptors (Lipinski definition) is 6. The van der Waals surface area contributed by atoms with Crippen molar-refractivity contribution >= 4 is 44.4 Å². The van der Waals surface area contributed by atoms with Crippen molar-refractivity contribution < 1.29 is 19.1 Å². The Morgan fingerprint density at radius 2 is 2.05 bits per heavy atom. The number of aromatic nitrogens is 2. The monoisotopic (exact) mass is 528 g/mol. The molecular weight excluding hydrogens is 500 g/mol. The lowest BCUT2D eigenvalue weighted by molar-refractivity contribution is 0.0728. The maximum atomic E-state index is 13.1. The maximum absolute atomic E-state index is 13.1. The van der Waals surface area contributed by atoms with Gasteiger partial charge in [0, 0.05) is 49.5 Å². The van der Waals surface area contributed by atoms with E-state index >= 15 is 0 Å². The quantitative estimate of drug-likeness (QED) is 0.361. The van der Waals surface area contributed by atoms with Crippen molar-refractivity contribution in [1.29, 1.82) is 0 Å². The maximum Gasteiger partial charge on any atom is 0.327 e. The van der Waals surface area contributed by atoms with E-state index in [-0.39, 0.29) is 18.0 Å². The van der Waals surface area contributed by atoms with Gasteiger partial charge in [0.1, 0.15) is 11.5 Å². The van der Waals surface area contributed by atoms with Gasteiger partial charge in [-0.3, -0.25) is 14.3 Å². The third kappa shape index (κ3) is 4.85. The lowest BCUT2D eigenvalue weighted by Crippen LogP contribution is -2.29. The molecule has 0 spiro atoms. The minimum Gasteiger partial charge on any atom is -0.456 e. The van der Waals surface area contributed by atoms with Crippen LogP contribution in [0.2, 0.25) is 0 Å². The van der Waals surface area contributed by atoms with E-state index in [9.17, 15) is 9.59 Å². The molecule has 1 aromatic carbocycles. The van der Waals surface area contributed by atoms with Gasteiger partial charge in [0.15, 0.2) is 0 Å². The molecule has 1 atom stereocenters. The van der Waals surface area contributed by atoms with Crippen LogP contribution < -0.4 is 10.1 Å². The summed E-state index contributed by atoms with van der Waals surface area (Å²) in [4.78, 5) is 32.8. The number of ether oxygens (including phenoxy) is 2. The standard InChI is InChI=1S/C29H28N4O4S/c1-18-14-20-15-21(7-8-24(20)33(18)29(35)31-11-3-4-19-5-6-19)37-25-9-12-30-23-16-26(38-27(23)25)28(34)32-13-10-22(17-32)36-2/h7-9,12,14-16,19,22H,5-6,10-11,13,17H2,1-2H3,(H,31,35)/t22-/m0/s1. The lowest BCUT2D eigenvalue weighted by atomic mass is 10.2. The third-order valence-corrected chi connectivity index (χ3v) is 8.08. The van der Waals surface area contributed by atoms with Crippen LogP contribution in [0, 0.1) is 24.7 Å². The number of carbonyl (C=O) groups is 2. The van der Waals surface area contributed by atoms with E-state index in [1.165, 1.54) is 11.3 Å². The van der Waals surface area contributed by atoms with Crippen LogP contribution in [0.3, 0.4) is 0 Å². The average Bonchev–Trinajstić information content (AvgIpc) is 3.30. The van der Waals surface area contributed by atoms with Gasteiger partial charge in [0.25, 0.3) is 5.91 Å². The van der Waals surface area contributed by atoms with Gasteiger partial charge in [-0.15, -0.1) is 11.3 Å². The van der Waals surface area contributed by atoms with Crippen molar-refractivity contribution in [2.75, 3.05) is 26.7 Å². The Kier molecular flexibility index (Phi) is 6.52. The predicted molar refractivity (Wildman–Crippen MR) is 147 cm³/mol. The Bertz CT molecular complexity index is 1610. The van der Waals surface area contributed by atoms with Gasteiger partial charge in [-0.25, -0.2) is 4.79 Å². The van der Waals surface area contributed by atoms with Gasteiger partial charge in [-0.1, -0.05) is 11.8 Å². The summed E-state index contributed by atoms with van der Waals surface area (Å²) in [5, 5.41) is 3.79. The first-order chi connectivity index (χ1) is 18.5. The number of thiophene rings is 1. The molecule has 2 amide bonds. The summed E-state index contributed by atoms with van der Waals surface area (Å²) in [6, 6.07) is 11.0. The number of rotatable bonds is 5. The first-order valence-corrected chi connectivity index (χ1v) is 13.6. The lowest BCUT2D eigenvalue weighted by Gasteiger charge is -2.14. The van der Waals surface area contributed by atoms with Crippen LogP contribution in [0.4, 0.5) is 4.79 Å². The zero-order valence-corrected chi connectivity index (χ0v) is 22.1. The molecule has 6 rings (SSSR count). The highest BCUT2D eigenvalue weighted by atomic mass is 32.1. The third-order valence-electron chi connectivity index (χ3n) is 6.95. The second-order valence-electron chi connectivity index (χ2n) is 9.73. The van der Waals surface area contributed by atoms with Crippen molar-refractivity contribution in [3.63, 3.8) is 0 Å². The molecule has 1 saturated carbocycles. The van der Waals surface area contributed by atoms with Gasteiger partial charge in [-0.2, -0.15) is 0 Å². The average molecular weight is 529 g/mol. The zero-order valence-electron chi connectivity index (χ0n) is 21.3. The largest absolute Gasteiger partial charge is 0.456 e. The Morgan fingerprint density at radius 3 is 2.84 bits per heavy atom. The number of benzene rings is 1. The molecule has 4 heterocycles. The van der Waals surface area contributed by atoms with Crippen LogP contribution in [0.25, 0.3) is 21.1 Å². The molecular formula is C29H28N4O4S. The van der Waals surface area contributed by atoms with Gasteiger partial charge in [0.2, 0.25) is 0 Å². The highest BCUT2D eigenvalue weighted by molar-refractivity contribution is 7.21.